The molecule has 1 amide bonds. The third-order valence-electron chi connectivity index (χ3n) is 1.99. The van der Waals surface area contributed by atoms with E-state index < -0.39 is 18.0 Å². The highest BCUT2D eigenvalue weighted by molar-refractivity contribution is 5.82. The van der Waals surface area contributed by atoms with E-state index in [-0.39, 0.29) is 12.2 Å². The first kappa shape index (κ1) is 12.0. The number of amides is 1. The molecule has 0 heterocycles. The summed E-state index contributed by atoms with van der Waals surface area (Å²) in [4.78, 5) is 22.0. The average molecular weight is 223 g/mol. The maximum atomic E-state index is 11.3. The molecule has 0 saturated carbocycles. The molecular weight excluding hydrogens is 210 g/mol. The van der Waals surface area contributed by atoms with Gasteiger partial charge >= 0.3 is 5.97 Å². The van der Waals surface area contributed by atoms with Gasteiger partial charge in [0.15, 0.2) is 6.10 Å². The van der Waals surface area contributed by atoms with E-state index in [2.05, 4.69) is 0 Å². The second-order valence-electron chi connectivity index (χ2n) is 3.38. The van der Waals surface area contributed by atoms with Crippen molar-refractivity contribution in [2.45, 2.75) is 19.4 Å². The van der Waals surface area contributed by atoms with Gasteiger partial charge in [-0.15, -0.1) is 0 Å². The standard InChI is InChI=1S/C11H13NO4/c1-7(11(12)15)16-10(14)6-8-2-4-9(13)5-3-8/h2-5,7,13H,6H2,1H3,(H2,12,15)/t7-/m0/s1. The second kappa shape index (κ2) is 5.16. The predicted molar refractivity (Wildman–Crippen MR) is 56.6 cm³/mol. The Morgan fingerprint density at radius 2 is 1.94 bits per heavy atom. The van der Waals surface area contributed by atoms with Crippen molar-refractivity contribution < 1.29 is 19.4 Å². The average Bonchev–Trinajstić information content (AvgIpc) is 2.21. The van der Waals surface area contributed by atoms with Crippen LogP contribution in [-0.2, 0) is 20.7 Å². The number of rotatable bonds is 4. The van der Waals surface area contributed by atoms with Crippen LogP contribution in [0.2, 0.25) is 0 Å². The third-order valence-corrected chi connectivity index (χ3v) is 1.99. The topological polar surface area (TPSA) is 89.6 Å². The van der Waals surface area contributed by atoms with E-state index in [0.29, 0.717) is 5.56 Å². The van der Waals surface area contributed by atoms with E-state index in [4.69, 9.17) is 15.6 Å². The van der Waals surface area contributed by atoms with Crippen LogP contribution >= 0.6 is 0 Å². The highest BCUT2D eigenvalue weighted by atomic mass is 16.5. The molecule has 0 unspecified atom stereocenters. The molecule has 5 heteroatoms. The Kier molecular flexibility index (Phi) is 3.88. The minimum Gasteiger partial charge on any atom is -0.508 e. The summed E-state index contributed by atoms with van der Waals surface area (Å²) in [5, 5.41) is 9.03. The molecule has 0 spiro atoms. The molecule has 0 fully saturated rings. The summed E-state index contributed by atoms with van der Waals surface area (Å²) < 4.78 is 4.77. The molecule has 0 bridgehead atoms. The van der Waals surface area contributed by atoms with Crippen LogP contribution in [0.5, 0.6) is 5.75 Å². The van der Waals surface area contributed by atoms with E-state index in [1.807, 2.05) is 0 Å². The molecular formula is C11H13NO4. The van der Waals surface area contributed by atoms with Crippen LogP contribution in [-0.4, -0.2) is 23.1 Å². The molecule has 5 nitrogen and oxygen atoms in total. The van der Waals surface area contributed by atoms with Crippen molar-refractivity contribution in [3.05, 3.63) is 29.8 Å². The number of aromatic hydroxyl groups is 1. The van der Waals surface area contributed by atoms with Crippen molar-refractivity contribution in [3.63, 3.8) is 0 Å². The van der Waals surface area contributed by atoms with Gasteiger partial charge in [0.2, 0.25) is 0 Å². The van der Waals surface area contributed by atoms with E-state index >= 15 is 0 Å². The molecule has 1 aromatic rings. The monoisotopic (exact) mass is 223 g/mol. The van der Waals surface area contributed by atoms with Crippen LogP contribution in [0.25, 0.3) is 0 Å². The molecule has 0 aliphatic heterocycles. The van der Waals surface area contributed by atoms with Gasteiger partial charge in [0.25, 0.3) is 5.91 Å². The van der Waals surface area contributed by atoms with Gasteiger partial charge in [-0.1, -0.05) is 12.1 Å². The summed E-state index contributed by atoms with van der Waals surface area (Å²) in [5.41, 5.74) is 5.64. The number of nitrogens with two attached hydrogens (primary N) is 1. The van der Waals surface area contributed by atoms with Gasteiger partial charge in [0.05, 0.1) is 6.42 Å². The minimum absolute atomic E-state index is 0.0396. The lowest BCUT2D eigenvalue weighted by Crippen LogP contribution is -2.30. The highest BCUT2D eigenvalue weighted by Gasteiger charge is 2.14. The summed E-state index contributed by atoms with van der Waals surface area (Å²) in [6.45, 7) is 1.41. The maximum Gasteiger partial charge on any atom is 0.311 e. The summed E-state index contributed by atoms with van der Waals surface area (Å²) >= 11 is 0. The number of carbonyl (C=O) groups is 2. The molecule has 1 atom stereocenters. The number of ether oxygens (including phenoxy) is 1. The summed E-state index contributed by atoms with van der Waals surface area (Å²) in [6, 6.07) is 6.15. The number of hydrogen-bond donors (Lipinski definition) is 2. The maximum absolute atomic E-state index is 11.3. The first-order valence-corrected chi connectivity index (χ1v) is 4.75. The minimum atomic E-state index is -0.926. The first-order valence-electron chi connectivity index (χ1n) is 4.75. The van der Waals surface area contributed by atoms with Gasteiger partial charge < -0.3 is 15.6 Å². The molecule has 1 aromatic carbocycles. The third kappa shape index (κ3) is 3.61. The number of primary amides is 1. The number of carbonyl (C=O) groups excluding carboxylic acids is 2. The van der Waals surface area contributed by atoms with Crippen molar-refractivity contribution in [2.75, 3.05) is 0 Å². The predicted octanol–water partition coefficient (Wildman–Crippen LogP) is 0.352. The van der Waals surface area contributed by atoms with E-state index in [9.17, 15) is 9.59 Å². The van der Waals surface area contributed by atoms with Crippen molar-refractivity contribution in [1.82, 2.24) is 0 Å². The van der Waals surface area contributed by atoms with Gasteiger partial charge in [0.1, 0.15) is 5.75 Å². The van der Waals surface area contributed by atoms with Crippen LogP contribution in [0.1, 0.15) is 12.5 Å². The first-order chi connectivity index (χ1) is 7.49. The Labute approximate surface area is 92.8 Å². The summed E-state index contributed by atoms with van der Waals surface area (Å²) in [7, 11) is 0. The smallest absolute Gasteiger partial charge is 0.311 e. The molecule has 0 radical (unpaired) electrons. The normalized spacial score (nSPS) is 11.8. The highest BCUT2D eigenvalue weighted by Crippen LogP contribution is 2.10. The Morgan fingerprint density at radius 1 is 1.38 bits per heavy atom. The van der Waals surface area contributed by atoms with Crippen LogP contribution in [0.15, 0.2) is 24.3 Å². The Morgan fingerprint density at radius 3 is 2.44 bits per heavy atom. The molecule has 0 aliphatic rings. The number of benzene rings is 1. The Balaban J connectivity index is 2.52. The fourth-order valence-electron chi connectivity index (χ4n) is 1.08. The molecule has 0 saturated heterocycles. The quantitative estimate of drug-likeness (QED) is 0.721. The molecule has 86 valence electrons. The van der Waals surface area contributed by atoms with Gasteiger partial charge in [0, 0.05) is 0 Å². The van der Waals surface area contributed by atoms with Gasteiger partial charge in [-0.3, -0.25) is 9.59 Å². The fourth-order valence-corrected chi connectivity index (χ4v) is 1.08. The number of phenolic OH excluding ortho intramolecular Hbond substituents is 1. The van der Waals surface area contributed by atoms with E-state index in [1.54, 1.807) is 12.1 Å². The largest absolute Gasteiger partial charge is 0.508 e. The van der Waals surface area contributed by atoms with Crippen LogP contribution < -0.4 is 5.73 Å². The van der Waals surface area contributed by atoms with Gasteiger partial charge in [-0.05, 0) is 24.6 Å². The zero-order valence-corrected chi connectivity index (χ0v) is 8.84. The second-order valence-corrected chi connectivity index (χ2v) is 3.38. The van der Waals surface area contributed by atoms with Crippen LogP contribution in [0, 0.1) is 0 Å². The van der Waals surface area contributed by atoms with Crippen LogP contribution in [0.4, 0.5) is 0 Å². The summed E-state index contributed by atoms with van der Waals surface area (Å²) in [5.74, 6) is -1.08. The van der Waals surface area contributed by atoms with Gasteiger partial charge in [-0.25, -0.2) is 0 Å². The number of esters is 1. The lowest BCUT2D eigenvalue weighted by molar-refractivity contribution is -0.153. The number of hydrogen-bond acceptors (Lipinski definition) is 4. The molecule has 3 N–H and O–H groups in total. The molecule has 0 aliphatic carbocycles. The zero-order valence-electron chi connectivity index (χ0n) is 8.84. The summed E-state index contributed by atoms with van der Waals surface area (Å²) in [6.07, 6.45) is -0.887. The lowest BCUT2D eigenvalue weighted by atomic mass is 10.1. The molecule has 0 aromatic heterocycles. The Bertz CT molecular complexity index is 385. The zero-order chi connectivity index (χ0) is 12.1. The van der Waals surface area contributed by atoms with Gasteiger partial charge in [-0.2, -0.15) is 0 Å². The SMILES string of the molecule is C[C@H](OC(=O)Cc1ccc(O)cc1)C(N)=O. The molecule has 1 rings (SSSR count). The van der Waals surface area contributed by atoms with E-state index in [0.717, 1.165) is 0 Å². The van der Waals surface area contributed by atoms with Crippen molar-refractivity contribution >= 4 is 11.9 Å². The van der Waals surface area contributed by atoms with Crippen molar-refractivity contribution in [3.8, 4) is 5.75 Å². The van der Waals surface area contributed by atoms with Crippen molar-refractivity contribution in [1.29, 1.82) is 0 Å². The lowest BCUT2D eigenvalue weighted by Gasteiger charge is -2.09. The van der Waals surface area contributed by atoms with E-state index in [1.165, 1.54) is 19.1 Å². The van der Waals surface area contributed by atoms with Crippen LogP contribution in [0.3, 0.4) is 0 Å². The Hall–Kier alpha value is -2.04. The number of phenols is 1. The fraction of sp³-hybridized carbons (Fsp3) is 0.273. The molecule has 16 heavy (non-hydrogen) atoms. The van der Waals surface area contributed by atoms with Crippen molar-refractivity contribution in [2.24, 2.45) is 5.73 Å².